The SMILES string of the molecule is O=C(O)C1(C(F)(F)F)OCC(F)(CF)O1. The van der Waals surface area contributed by atoms with Gasteiger partial charge in [0.2, 0.25) is 0 Å². The van der Waals surface area contributed by atoms with Crippen LogP contribution in [-0.4, -0.2) is 42.2 Å². The lowest BCUT2D eigenvalue weighted by Gasteiger charge is -2.25. The fourth-order valence-corrected chi connectivity index (χ4v) is 0.958. The van der Waals surface area contributed by atoms with E-state index in [1.165, 1.54) is 0 Å². The Kier molecular flexibility index (Phi) is 2.64. The van der Waals surface area contributed by atoms with Crippen molar-refractivity contribution in [1.29, 1.82) is 0 Å². The Morgan fingerprint density at radius 3 is 2.20 bits per heavy atom. The molecule has 88 valence electrons. The average molecular weight is 236 g/mol. The lowest BCUT2D eigenvalue weighted by atomic mass is 10.3. The molecule has 1 rings (SSSR count). The molecule has 0 aromatic rings. The maximum absolute atomic E-state index is 12.9. The first-order valence-corrected chi connectivity index (χ1v) is 3.56. The van der Waals surface area contributed by atoms with Crippen LogP contribution in [0.3, 0.4) is 0 Å². The predicted molar refractivity (Wildman–Crippen MR) is 33.3 cm³/mol. The van der Waals surface area contributed by atoms with E-state index in [4.69, 9.17) is 5.11 Å². The zero-order valence-electron chi connectivity index (χ0n) is 6.98. The number of carboxylic acid groups (broad SMARTS) is 1. The van der Waals surface area contributed by atoms with E-state index in [0.29, 0.717) is 0 Å². The summed E-state index contributed by atoms with van der Waals surface area (Å²) < 4.78 is 68.8. The van der Waals surface area contributed by atoms with E-state index in [2.05, 4.69) is 9.47 Å². The normalized spacial score (nSPS) is 36.9. The number of rotatable bonds is 2. The summed E-state index contributed by atoms with van der Waals surface area (Å²) in [6.07, 6.45) is -5.50. The van der Waals surface area contributed by atoms with Crippen LogP contribution in [0.2, 0.25) is 0 Å². The predicted octanol–water partition coefficient (Wildman–Crippen LogP) is 1.01. The van der Waals surface area contributed by atoms with Crippen LogP contribution >= 0.6 is 0 Å². The second-order valence-corrected chi connectivity index (χ2v) is 2.83. The van der Waals surface area contributed by atoms with Crippen molar-refractivity contribution in [3.63, 3.8) is 0 Å². The van der Waals surface area contributed by atoms with Crippen LogP contribution in [0.5, 0.6) is 0 Å². The van der Waals surface area contributed by atoms with Crippen LogP contribution in [0.25, 0.3) is 0 Å². The van der Waals surface area contributed by atoms with E-state index in [9.17, 15) is 26.7 Å². The molecule has 2 unspecified atom stereocenters. The van der Waals surface area contributed by atoms with Gasteiger partial charge in [-0.2, -0.15) is 13.2 Å². The molecule has 1 N–H and O–H groups in total. The van der Waals surface area contributed by atoms with E-state index in [0.717, 1.165) is 0 Å². The highest BCUT2D eigenvalue weighted by atomic mass is 19.4. The number of alkyl halides is 5. The Labute approximate surface area is 79.6 Å². The summed E-state index contributed by atoms with van der Waals surface area (Å²) in [4.78, 5) is 10.3. The minimum absolute atomic E-state index is 1.44. The van der Waals surface area contributed by atoms with Crippen LogP contribution in [-0.2, 0) is 14.3 Å². The van der Waals surface area contributed by atoms with Crippen molar-refractivity contribution >= 4 is 5.97 Å². The molecule has 1 fully saturated rings. The van der Waals surface area contributed by atoms with Crippen LogP contribution < -0.4 is 0 Å². The maximum Gasteiger partial charge on any atom is 0.455 e. The van der Waals surface area contributed by atoms with E-state index >= 15 is 0 Å². The highest BCUT2D eigenvalue weighted by molar-refractivity contribution is 5.77. The first-order valence-electron chi connectivity index (χ1n) is 3.56. The third kappa shape index (κ3) is 1.76. The highest BCUT2D eigenvalue weighted by Crippen LogP contribution is 2.44. The van der Waals surface area contributed by atoms with Crippen LogP contribution in [0.1, 0.15) is 0 Å². The molecule has 1 aliphatic rings. The van der Waals surface area contributed by atoms with Gasteiger partial charge in [-0.3, -0.25) is 4.74 Å². The Morgan fingerprint density at radius 2 is 2.00 bits per heavy atom. The summed E-state index contributed by atoms with van der Waals surface area (Å²) in [7, 11) is 0. The lowest BCUT2D eigenvalue weighted by Crippen LogP contribution is -2.54. The highest BCUT2D eigenvalue weighted by Gasteiger charge is 2.72. The van der Waals surface area contributed by atoms with Gasteiger partial charge in [0.15, 0.2) is 6.67 Å². The molecule has 15 heavy (non-hydrogen) atoms. The van der Waals surface area contributed by atoms with Crippen molar-refractivity contribution in [2.24, 2.45) is 0 Å². The third-order valence-electron chi connectivity index (χ3n) is 1.67. The number of halogens is 5. The molecular weight excluding hydrogens is 231 g/mol. The number of ether oxygens (including phenoxy) is 2. The van der Waals surface area contributed by atoms with Gasteiger partial charge in [0.05, 0.1) is 0 Å². The molecule has 0 aromatic carbocycles. The Morgan fingerprint density at radius 1 is 1.47 bits per heavy atom. The first-order chi connectivity index (χ1) is 6.67. The van der Waals surface area contributed by atoms with Gasteiger partial charge < -0.3 is 9.84 Å². The summed E-state index contributed by atoms with van der Waals surface area (Å²) in [5.41, 5.74) is 0. The van der Waals surface area contributed by atoms with E-state index in [-0.39, 0.29) is 0 Å². The van der Waals surface area contributed by atoms with Crippen molar-refractivity contribution in [3.8, 4) is 0 Å². The first kappa shape index (κ1) is 12.1. The fourth-order valence-electron chi connectivity index (χ4n) is 0.958. The van der Waals surface area contributed by atoms with E-state index < -0.39 is 37.1 Å². The quantitative estimate of drug-likeness (QED) is 0.727. The van der Waals surface area contributed by atoms with Crippen molar-refractivity contribution < 1.29 is 41.3 Å². The summed E-state index contributed by atoms with van der Waals surface area (Å²) in [6, 6.07) is 0. The van der Waals surface area contributed by atoms with Gasteiger partial charge in [-0.05, 0) is 0 Å². The largest absolute Gasteiger partial charge is 0.477 e. The molecule has 0 aromatic heterocycles. The maximum atomic E-state index is 12.9. The van der Waals surface area contributed by atoms with Crippen molar-refractivity contribution in [2.45, 2.75) is 17.8 Å². The summed E-state index contributed by atoms with van der Waals surface area (Å²) in [6.45, 7) is -3.37. The minimum atomic E-state index is -5.50. The Balaban J connectivity index is 3.04. The second-order valence-electron chi connectivity index (χ2n) is 2.83. The summed E-state index contributed by atoms with van der Waals surface area (Å²) in [5, 5.41) is 8.27. The standard InChI is InChI=1S/C6H5F5O4/c7-1-4(8)2-14-5(15-4,3(12)13)6(9,10)11/h1-2H2,(H,12,13). The summed E-state index contributed by atoms with van der Waals surface area (Å²) in [5.74, 6) is -10.1. The molecule has 0 amide bonds. The molecule has 0 radical (unpaired) electrons. The monoisotopic (exact) mass is 236 g/mol. The number of hydrogen-bond donors (Lipinski definition) is 1. The van der Waals surface area contributed by atoms with Gasteiger partial charge in [0.25, 0.3) is 5.85 Å². The second kappa shape index (κ2) is 3.27. The van der Waals surface area contributed by atoms with Gasteiger partial charge in [0, 0.05) is 0 Å². The van der Waals surface area contributed by atoms with E-state index in [1.807, 2.05) is 0 Å². The molecule has 9 heteroatoms. The topological polar surface area (TPSA) is 55.8 Å². The zero-order valence-corrected chi connectivity index (χ0v) is 6.98. The molecule has 1 saturated heterocycles. The molecule has 2 atom stereocenters. The molecular formula is C6H5F5O4. The number of aliphatic carboxylic acids is 1. The Bertz CT molecular complexity index is 279. The minimum Gasteiger partial charge on any atom is -0.477 e. The molecule has 0 saturated carbocycles. The van der Waals surface area contributed by atoms with Gasteiger partial charge in [0.1, 0.15) is 6.61 Å². The van der Waals surface area contributed by atoms with Gasteiger partial charge in [-0.25, -0.2) is 13.6 Å². The molecule has 4 nitrogen and oxygen atoms in total. The molecule has 0 bridgehead atoms. The van der Waals surface area contributed by atoms with Gasteiger partial charge in [-0.15, -0.1) is 0 Å². The molecule has 0 aliphatic carbocycles. The van der Waals surface area contributed by atoms with E-state index in [1.54, 1.807) is 0 Å². The molecule has 1 aliphatic heterocycles. The number of hydrogen-bond acceptors (Lipinski definition) is 3. The van der Waals surface area contributed by atoms with Crippen LogP contribution in [0.4, 0.5) is 22.0 Å². The molecule has 1 heterocycles. The van der Waals surface area contributed by atoms with Crippen LogP contribution in [0, 0.1) is 0 Å². The van der Waals surface area contributed by atoms with Gasteiger partial charge >= 0.3 is 17.9 Å². The Hall–Kier alpha value is -0.960. The van der Waals surface area contributed by atoms with Crippen molar-refractivity contribution in [2.75, 3.05) is 13.3 Å². The number of carbonyl (C=O) groups is 1. The van der Waals surface area contributed by atoms with Crippen LogP contribution in [0.15, 0.2) is 0 Å². The average Bonchev–Trinajstić information content (AvgIpc) is 2.45. The lowest BCUT2D eigenvalue weighted by molar-refractivity contribution is -0.350. The molecule has 0 spiro atoms. The zero-order chi connectivity index (χ0) is 11.9. The fraction of sp³-hybridized carbons (Fsp3) is 0.833. The van der Waals surface area contributed by atoms with Crippen molar-refractivity contribution in [3.05, 3.63) is 0 Å². The van der Waals surface area contributed by atoms with Gasteiger partial charge in [-0.1, -0.05) is 0 Å². The smallest absolute Gasteiger partial charge is 0.455 e. The van der Waals surface area contributed by atoms with Crippen molar-refractivity contribution in [1.82, 2.24) is 0 Å². The number of carboxylic acids is 1. The summed E-state index contributed by atoms with van der Waals surface area (Å²) >= 11 is 0. The third-order valence-corrected chi connectivity index (χ3v) is 1.67.